The van der Waals surface area contributed by atoms with Crippen LogP contribution in [0.1, 0.15) is 11.3 Å². The molecule has 0 radical (unpaired) electrons. The molecule has 3 aromatic rings. The standard InChI is InChI=1S/C21H23N5O.ClH/c1-16-21(18-9-5-6-10-19(18)22-16)24-23-20-11-12-25(13-14-27)26(20)15-17-7-3-2-4-8-17;/h2-11,22,27H,12-15H2,1H3;1H. The first-order valence-corrected chi connectivity index (χ1v) is 9.22. The molecule has 6 nitrogen and oxygen atoms in total. The summed E-state index contributed by atoms with van der Waals surface area (Å²) in [4.78, 5) is 3.36. The van der Waals surface area contributed by atoms with Crippen molar-refractivity contribution < 1.29 is 22.5 Å². The summed E-state index contributed by atoms with van der Waals surface area (Å²) in [6, 6.07) is 18.4. The highest BCUT2D eigenvalue weighted by molar-refractivity contribution is 5.92. The molecule has 0 aliphatic carbocycles. The molecule has 0 fully saturated rings. The second-order valence-corrected chi connectivity index (χ2v) is 6.72. The lowest BCUT2D eigenvalue weighted by atomic mass is 10.2. The van der Waals surface area contributed by atoms with Crippen LogP contribution in [0, 0.1) is 6.92 Å². The molecule has 1 unspecified atom stereocenters. The van der Waals surface area contributed by atoms with Gasteiger partial charge in [0.15, 0.2) is 0 Å². The van der Waals surface area contributed by atoms with Crippen molar-refractivity contribution >= 4 is 16.6 Å². The highest BCUT2D eigenvalue weighted by Crippen LogP contribution is 2.30. The number of halogens is 1. The molecule has 2 aromatic carbocycles. The number of fused-ring (bicyclic) bond motifs is 1. The van der Waals surface area contributed by atoms with E-state index in [-0.39, 0.29) is 19.0 Å². The number of hydrogen-bond acceptors (Lipinski definition) is 4. The Morgan fingerprint density at radius 2 is 1.82 bits per heavy atom. The van der Waals surface area contributed by atoms with E-state index in [0.29, 0.717) is 6.54 Å². The van der Waals surface area contributed by atoms with E-state index >= 15 is 0 Å². The Bertz CT molecular complexity index is 983. The number of aryl methyl sites for hydroxylation is 1. The Labute approximate surface area is 170 Å². The molecule has 1 atom stereocenters. The Kier molecular flexibility index (Phi) is 6.46. The number of azo groups is 1. The van der Waals surface area contributed by atoms with Crippen LogP contribution < -0.4 is 17.4 Å². The molecule has 0 bridgehead atoms. The molecule has 0 amide bonds. The summed E-state index contributed by atoms with van der Waals surface area (Å²) in [7, 11) is 0. The fourth-order valence-electron chi connectivity index (χ4n) is 3.50. The lowest BCUT2D eigenvalue weighted by Gasteiger charge is -2.26. The summed E-state index contributed by atoms with van der Waals surface area (Å²) >= 11 is 0. The van der Waals surface area contributed by atoms with Crippen LogP contribution in [0.25, 0.3) is 10.9 Å². The van der Waals surface area contributed by atoms with Gasteiger partial charge in [0.05, 0.1) is 13.2 Å². The number of hydrogen-bond donors (Lipinski definition) is 3. The molecule has 0 spiro atoms. The molecule has 0 saturated carbocycles. The highest BCUT2D eigenvalue weighted by Gasteiger charge is 2.28. The third-order valence-electron chi connectivity index (χ3n) is 4.87. The van der Waals surface area contributed by atoms with E-state index in [1.165, 1.54) is 10.6 Å². The average Bonchev–Trinajstić information content (AvgIpc) is 3.21. The van der Waals surface area contributed by atoms with Gasteiger partial charge in [-0.15, -0.1) is 10.2 Å². The number of nitrogens with zero attached hydrogens (tertiary/aromatic N) is 3. The number of aromatic nitrogens is 1. The van der Waals surface area contributed by atoms with Crippen LogP contribution in [0.5, 0.6) is 0 Å². The van der Waals surface area contributed by atoms with Gasteiger partial charge >= 0.3 is 0 Å². The molecule has 0 saturated heterocycles. The van der Waals surface area contributed by atoms with E-state index in [1.807, 2.05) is 43.3 Å². The molecular weight excluding hydrogens is 374 g/mol. The van der Waals surface area contributed by atoms with Crippen molar-refractivity contribution in [3.8, 4) is 0 Å². The first kappa shape index (κ1) is 20.1. The van der Waals surface area contributed by atoms with Crippen LogP contribution in [0.4, 0.5) is 5.69 Å². The van der Waals surface area contributed by atoms with Gasteiger partial charge in [-0.25, -0.2) is 10.0 Å². The van der Waals surface area contributed by atoms with Crippen molar-refractivity contribution in [2.45, 2.75) is 13.5 Å². The molecule has 1 aromatic heterocycles. The number of aromatic amines is 1. The molecule has 1 aliphatic heterocycles. The summed E-state index contributed by atoms with van der Waals surface area (Å²) in [6.07, 6.45) is 2.08. The first-order chi connectivity index (χ1) is 13.3. The molecule has 146 valence electrons. The van der Waals surface area contributed by atoms with Gasteiger partial charge in [0.25, 0.3) is 0 Å². The predicted molar refractivity (Wildman–Crippen MR) is 105 cm³/mol. The molecule has 1 aliphatic rings. The topological polar surface area (TPSA) is 68.4 Å². The molecule has 2 heterocycles. The van der Waals surface area contributed by atoms with E-state index in [1.54, 1.807) is 0 Å². The molecule has 7 heteroatoms. The van der Waals surface area contributed by atoms with E-state index in [9.17, 15) is 5.11 Å². The fourth-order valence-corrected chi connectivity index (χ4v) is 3.50. The second-order valence-electron chi connectivity index (χ2n) is 6.72. The minimum atomic E-state index is 0. The number of rotatable bonds is 6. The van der Waals surface area contributed by atoms with Crippen molar-refractivity contribution in [3.05, 3.63) is 77.8 Å². The van der Waals surface area contributed by atoms with Gasteiger partial charge < -0.3 is 22.5 Å². The lowest BCUT2D eigenvalue weighted by Crippen LogP contribution is -3.16. The second kappa shape index (κ2) is 9.01. The monoisotopic (exact) mass is 397 g/mol. The van der Waals surface area contributed by atoms with E-state index in [4.69, 9.17) is 0 Å². The van der Waals surface area contributed by atoms with Gasteiger partial charge in [0, 0.05) is 22.7 Å². The van der Waals surface area contributed by atoms with Crippen molar-refractivity contribution in [2.24, 2.45) is 10.2 Å². The Balaban J connectivity index is 0.00000225. The number of quaternary nitrogens is 1. The van der Waals surface area contributed by atoms with Crippen molar-refractivity contribution in [1.82, 2.24) is 9.99 Å². The maximum atomic E-state index is 9.40. The number of para-hydroxylation sites is 1. The summed E-state index contributed by atoms with van der Waals surface area (Å²) in [5, 5.41) is 23.0. The zero-order chi connectivity index (χ0) is 18.6. The van der Waals surface area contributed by atoms with Crippen molar-refractivity contribution in [2.75, 3.05) is 19.7 Å². The van der Waals surface area contributed by atoms with Crippen LogP contribution >= 0.6 is 0 Å². The average molecular weight is 398 g/mol. The number of H-pyrrole nitrogens is 1. The molecule has 3 N–H and O–H groups in total. The predicted octanol–water partition coefficient (Wildman–Crippen LogP) is -0.287. The van der Waals surface area contributed by atoms with E-state index < -0.39 is 0 Å². The minimum Gasteiger partial charge on any atom is -1.00 e. The summed E-state index contributed by atoms with van der Waals surface area (Å²) < 4.78 is 0. The minimum absolute atomic E-state index is 0. The lowest BCUT2D eigenvalue weighted by molar-refractivity contribution is -1.00. The van der Waals surface area contributed by atoms with Crippen molar-refractivity contribution in [3.63, 3.8) is 0 Å². The summed E-state index contributed by atoms with van der Waals surface area (Å²) in [5.41, 5.74) is 4.16. The molecule has 4 rings (SSSR count). The quantitative estimate of drug-likeness (QED) is 0.500. The van der Waals surface area contributed by atoms with Crippen LogP contribution in [0.3, 0.4) is 0 Å². The number of benzene rings is 2. The van der Waals surface area contributed by atoms with E-state index in [2.05, 4.69) is 44.5 Å². The van der Waals surface area contributed by atoms with Crippen molar-refractivity contribution in [1.29, 1.82) is 0 Å². The van der Waals surface area contributed by atoms with Gasteiger partial charge in [0.1, 0.15) is 18.8 Å². The molecular formula is C21H24ClN5O. The summed E-state index contributed by atoms with van der Waals surface area (Å²) in [6.45, 7) is 4.33. The SMILES string of the molecule is Cc1[nH]c2ccccc2c1N=NC1=CC[NH+](CCO)N1Cc1ccccc1.[Cl-]. The van der Waals surface area contributed by atoms with Crippen LogP contribution in [0.15, 0.2) is 76.7 Å². The smallest absolute Gasteiger partial charge is 0.200 e. The van der Waals surface area contributed by atoms with E-state index in [0.717, 1.165) is 41.2 Å². The normalized spacial score (nSPS) is 16.6. The zero-order valence-electron chi connectivity index (χ0n) is 15.8. The maximum absolute atomic E-state index is 9.40. The third-order valence-corrected chi connectivity index (χ3v) is 4.87. The number of aliphatic hydroxyl groups is 1. The van der Waals surface area contributed by atoms with Gasteiger partial charge in [-0.2, -0.15) is 0 Å². The van der Waals surface area contributed by atoms with Gasteiger partial charge in [0.2, 0.25) is 5.82 Å². The fraction of sp³-hybridized carbons (Fsp3) is 0.238. The van der Waals surface area contributed by atoms with Gasteiger partial charge in [-0.1, -0.05) is 48.5 Å². The number of nitrogens with one attached hydrogen (secondary N) is 2. The Morgan fingerprint density at radius 3 is 2.61 bits per heavy atom. The highest BCUT2D eigenvalue weighted by atomic mass is 35.5. The summed E-state index contributed by atoms with van der Waals surface area (Å²) in [5.74, 6) is 0.840. The Hall–Kier alpha value is -2.67. The zero-order valence-corrected chi connectivity index (χ0v) is 16.5. The maximum Gasteiger partial charge on any atom is 0.200 e. The largest absolute Gasteiger partial charge is 1.00 e. The van der Waals surface area contributed by atoms with Crippen LogP contribution in [-0.4, -0.2) is 34.8 Å². The first-order valence-electron chi connectivity index (χ1n) is 9.22. The van der Waals surface area contributed by atoms with Gasteiger partial charge in [-0.05, 0) is 18.6 Å². The molecule has 28 heavy (non-hydrogen) atoms. The third kappa shape index (κ3) is 4.09. The van der Waals surface area contributed by atoms with Crippen LogP contribution in [-0.2, 0) is 6.54 Å². The number of aliphatic hydroxyl groups excluding tert-OH is 1. The Morgan fingerprint density at radius 1 is 1.07 bits per heavy atom. The van der Waals surface area contributed by atoms with Gasteiger partial charge in [-0.3, -0.25) is 0 Å². The van der Waals surface area contributed by atoms with Crippen LogP contribution in [0.2, 0.25) is 0 Å².